The quantitative estimate of drug-likeness (QED) is 0.689. The fourth-order valence-electron chi connectivity index (χ4n) is 0.610. The Balaban J connectivity index is 3.96. The van der Waals surface area contributed by atoms with Gasteiger partial charge in [-0.25, -0.2) is 0 Å². The van der Waals surface area contributed by atoms with Gasteiger partial charge in [-0.05, 0) is 13.3 Å². The SMILES string of the molecule is CCC(C)(CO)NC(=O)CBr. The van der Waals surface area contributed by atoms with Crippen LogP contribution in [0.1, 0.15) is 20.3 Å². The number of carbonyl (C=O) groups excluding carboxylic acids is 1. The molecular weight excluding hydrogens is 210 g/mol. The number of amides is 1. The number of carbonyl (C=O) groups is 1. The minimum Gasteiger partial charge on any atom is -0.394 e. The molecule has 11 heavy (non-hydrogen) atoms. The van der Waals surface area contributed by atoms with E-state index in [0.29, 0.717) is 0 Å². The third kappa shape index (κ3) is 3.72. The molecule has 0 saturated heterocycles. The second-order valence-electron chi connectivity index (χ2n) is 2.75. The molecule has 1 amide bonds. The molecule has 1 atom stereocenters. The van der Waals surface area contributed by atoms with Crippen molar-refractivity contribution in [2.75, 3.05) is 11.9 Å². The van der Waals surface area contributed by atoms with Gasteiger partial charge in [0.25, 0.3) is 0 Å². The number of halogens is 1. The Morgan fingerprint density at radius 2 is 2.27 bits per heavy atom. The van der Waals surface area contributed by atoms with E-state index in [1.807, 2.05) is 13.8 Å². The average Bonchev–Trinajstić information content (AvgIpc) is 2.04. The summed E-state index contributed by atoms with van der Waals surface area (Å²) >= 11 is 3.03. The number of alkyl halides is 1. The Hall–Kier alpha value is -0.0900. The van der Waals surface area contributed by atoms with Gasteiger partial charge in [-0.3, -0.25) is 4.79 Å². The van der Waals surface area contributed by atoms with Crippen LogP contribution in [0.25, 0.3) is 0 Å². The maximum atomic E-state index is 10.9. The zero-order valence-electron chi connectivity index (χ0n) is 6.85. The largest absolute Gasteiger partial charge is 0.394 e. The fraction of sp³-hybridized carbons (Fsp3) is 0.857. The number of nitrogens with one attached hydrogen (secondary N) is 1. The van der Waals surface area contributed by atoms with E-state index < -0.39 is 5.54 Å². The number of aliphatic hydroxyl groups excluding tert-OH is 1. The molecule has 0 heterocycles. The second-order valence-corrected chi connectivity index (χ2v) is 3.31. The first-order chi connectivity index (χ1) is 5.08. The molecule has 3 nitrogen and oxygen atoms in total. The van der Waals surface area contributed by atoms with Crippen LogP contribution in [-0.2, 0) is 4.79 Å². The van der Waals surface area contributed by atoms with Gasteiger partial charge in [-0.2, -0.15) is 0 Å². The Kier molecular flexibility index (Phi) is 4.68. The molecule has 0 aliphatic rings. The summed E-state index contributed by atoms with van der Waals surface area (Å²) in [6.45, 7) is 3.71. The van der Waals surface area contributed by atoms with Crippen LogP contribution in [0.3, 0.4) is 0 Å². The van der Waals surface area contributed by atoms with E-state index in [9.17, 15) is 4.79 Å². The van der Waals surface area contributed by atoms with E-state index in [2.05, 4.69) is 21.2 Å². The fourth-order valence-corrected chi connectivity index (χ4v) is 0.750. The van der Waals surface area contributed by atoms with E-state index in [1.165, 1.54) is 0 Å². The molecule has 0 rings (SSSR count). The van der Waals surface area contributed by atoms with E-state index in [4.69, 9.17) is 5.11 Å². The highest BCUT2D eigenvalue weighted by molar-refractivity contribution is 9.09. The zero-order chi connectivity index (χ0) is 8.91. The average molecular weight is 224 g/mol. The minimum atomic E-state index is -0.467. The van der Waals surface area contributed by atoms with Gasteiger partial charge in [0.15, 0.2) is 0 Å². The molecule has 2 N–H and O–H groups in total. The van der Waals surface area contributed by atoms with Crippen molar-refractivity contribution in [2.45, 2.75) is 25.8 Å². The smallest absolute Gasteiger partial charge is 0.231 e. The van der Waals surface area contributed by atoms with Gasteiger partial charge < -0.3 is 10.4 Å². The van der Waals surface area contributed by atoms with Crippen LogP contribution in [0.4, 0.5) is 0 Å². The summed E-state index contributed by atoms with van der Waals surface area (Å²) in [4.78, 5) is 10.9. The zero-order valence-corrected chi connectivity index (χ0v) is 8.44. The molecule has 0 aromatic heterocycles. The molecule has 0 aromatic rings. The van der Waals surface area contributed by atoms with Crippen LogP contribution in [0.15, 0.2) is 0 Å². The van der Waals surface area contributed by atoms with E-state index >= 15 is 0 Å². The lowest BCUT2D eigenvalue weighted by molar-refractivity contribution is -0.120. The Morgan fingerprint density at radius 3 is 2.55 bits per heavy atom. The third-order valence-corrected chi connectivity index (χ3v) is 2.20. The summed E-state index contributed by atoms with van der Waals surface area (Å²) in [5.74, 6) is -0.0941. The summed E-state index contributed by atoms with van der Waals surface area (Å²) in [5.41, 5.74) is -0.467. The van der Waals surface area contributed by atoms with Gasteiger partial charge in [-0.1, -0.05) is 22.9 Å². The van der Waals surface area contributed by atoms with Gasteiger partial charge in [-0.15, -0.1) is 0 Å². The Labute approximate surface area is 75.3 Å². The van der Waals surface area contributed by atoms with E-state index in [0.717, 1.165) is 6.42 Å². The van der Waals surface area contributed by atoms with Crippen molar-refractivity contribution in [3.8, 4) is 0 Å². The van der Waals surface area contributed by atoms with Crippen molar-refractivity contribution in [3.05, 3.63) is 0 Å². The predicted octanol–water partition coefficient (Wildman–Crippen LogP) is 0.659. The highest BCUT2D eigenvalue weighted by atomic mass is 79.9. The highest BCUT2D eigenvalue weighted by Gasteiger charge is 2.22. The van der Waals surface area contributed by atoms with Crippen molar-refractivity contribution < 1.29 is 9.90 Å². The first-order valence-electron chi connectivity index (χ1n) is 3.56. The monoisotopic (exact) mass is 223 g/mol. The predicted molar refractivity (Wildman–Crippen MR) is 47.7 cm³/mol. The number of aliphatic hydroxyl groups is 1. The van der Waals surface area contributed by atoms with Gasteiger partial charge in [0.2, 0.25) is 5.91 Å². The molecule has 0 bridgehead atoms. The molecule has 0 fully saturated rings. The lowest BCUT2D eigenvalue weighted by Crippen LogP contribution is -2.48. The summed E-state index contributed by atoms with van der Waals surface area (Å²) in [6, 6.07) is 0. The standard InChI is InChI=1S/C7H14BrNO2/c1-3-7(2,5-10)9-6(11)4-8/h10H,3-5H2,1-2H3,(H,9,11). The molecule has 0 aliphatic heterocycles. The van der Waals surface area contributed by atoms with Gasteiger partial charge in [0, 0.05) is 0 Å². The van der Waals surface area contributed by atoms with Crippen molar-refractivity contribution in [2.24, 2.45) is 0 Å². The molecule has 0 saturated carbocycles. The van der Waals surface area contributed by atoms with Crippen LogP contribution in [0, 0.1) is 0 Å². The second kappa shape index (κ2) is 4.72. The number of hydrogen-bond donors (Lipinski definition) is 2. The first-order valence-corrected chi connectivity index (χ1v) is 4.68. The molecule has 1 unspecified atom stereocenters. The maximum absolute atomic E-state index is 10.9. The number of hydrogen-bond acceptors (Lipinski definition) is 2. The molecule has 0 radical (unpaired) electrons. The van der Waals surface area contributed by atoms with Crippen molar-refractivity contribution in [1.29, 1.82) is 0 Å². The lowest BCUT2D eigenvalue weighted by atomic mass is 10.0. The number of rotatable bonds is 4. The highest BCUT2D eigenvalue weighted by Crippen LogP contribution is 2.07. The third-order valence-electron chi connectivity index (χ3n) is 1.69. The molecule has 0 aromatic carbocycles. The normalized spacial score (nSPS) is 15.6. The van der Waals surface area contributed by atoms with Gasteiger partial charge >= 0.3 is 0 Å². The maximum Gasteiger partial charge on any atom is 0.231 e. The molecular formula is C7H14BrNO2. The van der Waals surface area contributed by atoms with Crippen molar-refractivity contribution >= 4 is 21.8 Å². The van der Waals surface area contributed by atoms with E-state index in [-0.39, 0.29) is 17.8 Å². The van der Waals surface area contributed by atoms with Crippen LogP contribution in [0.2, 0.25) is 0 Å². The molecule has 66 valence electrons. The van der Waals surface area contributed by atoms with Crippen LogP contribution in [-0.4, -0.2) is 28.5 Å². The first kappa shape index (κ1) is 10.9. The molecule has 0 spiro atoms. The van der Waals surface area contributed by atoms with Crippen LogP contribution >= 0.6 is 15.9 Å². The van der Waals surface area contributed by atoms with Crippen LogP contribution in [0.5, 0.6) is 0 Å². The summed E-state index contributed by atoms with van der Waals surface area (Å²) in [7, 11) is 0. The summed E-state index contributed by atoms with van der Waals surface area (Å²) < 4.78 is 0. The Morgan fingerprint density at radius 1 is 1.73 bits per heavy atom. The van der Waals surface area contributed by atoms with Gasteiger partial charge in [0.05, 0.1) is 17.5 Å². The molecule has 4 heteroatoms. The molecule has 0 aliphatic carbocycles. The van der Waals surface area contributed by atoms with E-state index in [1.54, 1.807) is 0 Å². The minimum absolute atomic E-state index is 0.0256. The van der Waals surface area contributed by atoms with Crippen LogP contribution < -0.4 is 5.32 Å². The van der Waals surface area contributed by atoms with Crippen molar-refractivity contribution in [1.82, 2.24) is 5.32 Å². The summed E-state index contributed by atoms with van der Waals surface area (Å²) in [5, 5.41) is 11.9. The topological polar surface area (TPSA) is 49.3 Å². The Bertz CT molecular complexity index is 134. The van der Waals surface area contributed by atoms with Gasteiger partial charge in [0.1, 0.15) is 0 Å². The van der Waals surface area contributed by atoms with Crippen molar-refractivity contribution in [3.63, 3.8) is 0 Å². The lowest BCUT2D eigenvalue weighted by Gasteiger charge is -2.26. The summed E-state index contributed by atoms with van der Waals surface area (Å²) in [6.07, 6.45) is 0.724.